The van der Waals surface area contributed by atoms with Gasteiger partial charge in [-0.15, -0.1) is 0 Å². The Labute approximate surface area is 273 Å². The second-order valence-corrected chi connectivity index (χ2v) is 12.1. The average molecular weight is 681 g/mol. The lowest BCUT2D eigenvalue weighted by Crippen LogP contribution is -2.68. The summed E-state index contributed by atoms with van der Waals surface area (Å²) in [7, 11) is 0. The average Bonchev–Trinajstić information content (AvgIpc) is 3.00. The Balaban J connectivity index is 1.84. The molecule has 22 N–H and O–H groups in total. The first kappa shape index (κ1) is 39.4. The van der Waals surface area contributed by atoms with Gasteiger partial charge in [0, 0.05) is 38.3 Å². The van der Waals surface area contributed by atoms with Crippen LogP contribution in [0.3, 0.4) is 0 Å². The van der Waals surface area contributed by atoms with E-state index in [1.165, 1.54) is 0 Å². The molecule has 47 heavy (non-hydrogen) atoms. The molecule has 0 spiro atoms. The van der Waals surface area contributed by atoms with E-state index in [0.717, 1.165) is 0 Å². The van der Waals surface area contributed by atoms with Crippen LogP contribution in [0.4, 0.5) is 0 Å². The molecule has 2 saturated heterocycles. The number of guanidine groups is 2. The number of aliphatic hydroxyl groups excluding tert-OH is 4. The molecule has 0 amide bonds. The van der Waals surface area contributed by atoms with Gasteiger partial charge in [-0.25, -0.2) is 0 Å². The first-order valence-corrected chi connectivity index (χ1v) is 15.7. The zero-order valence-electron chi connectivity index (χ0n) is 26.5. The number of rotatable bonds is 16. The number of ether oxygens (including phenoxy) is 5. The molecule has 3 aliphatic rings. The second kappa shape index (κ2) is 18.6. The lowest BCUT2D eigenvalue weighted by atomic mass is 9.84. The Bertz CT molecular complexity index is 973. The Morgan fingerprint density at radius 3 is 1.81 bits per heavy atom. The van der Waals surface area contributed by atoms with Gasteiger partial charge in [0.15, 0.2) is 24.5 Å². The standard InChI is InChI=1S/C26H56N12O9/c27-9-15-14(40)8-13(30)23(44-15)46-20-11(28)7-12(29)21(47-24-19(42)17(31)18(41)16(10-39)45-24)22(20)43-6-5-38(3-1-36-25(32)33)4-2-37-26(34)35/h11-24,39-42H,1-10,27-31H2,(H4,32,33,36)(H4,34,35,37)/t11-,12+,13+,14-,15+,16+,17-,18+,19+,20+,21-,22-,23+,24+/m0/s1. The molecule has 2 heterocycles. The maximum absolute atomic E-state index is 10.8. The van der Waals surface area contributed by atoms with Crippen LogP contribution >= 0.6 is 0 Å². The van der Waals surface area contributed by atoms with E-state index in [9.17, 15) is 20.4 Å². The maximum atomic E-state index is 10.8. The molecule has 1 saturated carbocycles. The molecule has 2 aliphatic heterocycles. The molecule has 0 aromatic carbocycles. The summed E-state index contributed by atoms with van der Waals surface area (Å²) in [6, 6.07) is -3.32. The smallest absolute Gasteiger partial charge is 0.186 e. The lowest BCUT2D eigenvalue weighted by Gasteiger charge is -2.49. The highest BCUT2D eigenvalue weighted by atomic mass is 16.7. The van der Waals surface area contributed by atoms with E-state index in [4.69, 9.17) is 75.3 Å². The van der Waals surface area contributed by atoms with Crippen LogP contribution in [0, 0.1) is 0 Å². The van der Waals surface area contributed by atoms with Crippen molar-refractivity contribution in [1.29, 1.82) is 0 Å². The van der Waals surface area contributed by atoms with Gasteiger partial charge in [-0.3, -0.25) is 14.9 Å². The molecule has 0 aromatic heterocycles. The Kier molecular flexibility index (Phi) is 15.6. The third-order valence-corrected chi connectivity index (χ3v) is 8.53. The van der Waals surface area contributed by atoms with Crippen molar-refractivity contribution in [2.24, 2.45) is 61.6 Å². The second-order valence-electron chi connectivity index (χ2n) is 12.1. The number of nitrogens with two attached hydrogens (primary N) is 9. The van der Waals surface area contributed by atoms with Crippen molar-refractivity contribution in [1.82, 2.24) is 4.90 Å². The lowest BCUT2D eigenvalue weighted by molar-refractivity contribution is -0.318. The molecular formula is C26H56N12O9. The van der Waals surface area contributed by atoms with Crippen molar-refractivity contribution in [2.75, 3.05) is 52.5 Å². The fraction of sp³-hybridized carbons (Fsp3) is 0.923. The minimum Gasteiger partial charge on any atom is -0.394 e. The molecule has 274 valence electrons. The zero-order chi connectivity index (χ0) is 34.8. The molecule has 21 heteroatoms. The number of hydrogen-bond donors (Lipinski definition) is 13. The van der Waals surface area contributed by atoms with E-state index in [2.05, 4.69) is 9.98 Å². The van der Waals surface area contributed by atoms with Crippen LogP contribution in [0.5, 0.6) is 0 Å². The van der Waals surface area contributed by atoms with Gasteiger partial charge in [0.1, 0.15) is 36.6 Å². The van der Waals surface area contributed by atoms with E-state index in [1.54, 1.807) is 0 Å². The van der Waals surface area contributed by atoms with Crippen LogP contribution in [0.15, 0.2) is 9.98 Å². The van der Waals surface area contributed by atoms with Crippen molar-refractivity contribution in [3.63, 3.8) is 0 Å². The third kappa shape index (κ3) is 11.0. The Morgan fingerprint density at radius 1 is 0.723 bits per heavy atom. The van der Waals surface area contributed by atoms with Crippen LogP contribution < -0.4 is 51.6 Å². The summed E-state index contributed by atoms with van der Waals surface area (Å²) in [4.78, 5) is 10.0. The van der Waals surface area contributed by atoms with Gasteiger partial charge in [0.2, 0.25) is 0 Å². The highest BCUT2D eigenvalue weighted by Crippen LogP contribution is 2.32. The van der Waals surface area contributed by atoms with Gasteiger partial charge in [-0.1, -0.05) is 0 Å². The molecule has 1 aliphatic carbocycles. The molecule has 14 atom stereocenters. The predicted molar refractivity (Wildman–Crippen MR) is 170 cm³/mol. The van der Waals surface area contributed by atoms with Crippen LogP contribution in [0.2, 0.25) is 0 Å². The SMILES string of the molecule is NC[C@H]1O[C@H](O[C@H]2[C@H](OCCN(CCN=C(N)N)CCN=C(N)N)[C@@H](O[C@H]3O[C@H](CO)[C@@H](O)[C@H](N)[C@H]3O)[C@H](N)C[C@@H]2N)[C@H](N)C[C@@H]1O. The van der Waals surface area contributed by atoms with Crippen LogP contribution in [-0.2, 0) is 23.7 Å². The number of aliphatic imine (C=N–C) groups is 2. The zero-order valence-corrected chi connectivity index (χ0v) is 26.5. The van der Waals surface area contributed by atoms with Gasteiger partial charge in [0.05, 0.1) is 50.6 Å². The van der Waals surface area contributed by atoms with Crippen molar-refractivity contribution in [3.8, 4) is 0 Å². The van der Waals surface area contributed by atoms with Crippen molar-refractivity contribution < 1.29 is 44.1 Å². The van der Waals surface area contributed by atoms with Gasteiger partial charge in [-0.2, -0.15) is 0 Å². The van der Waals surface area contributed by atoms with Crippen molar-refractivity contribution in [2.45, 2.75) is 98.4 Å². The van der Waals surface area contributed by atoms with Crippen LogP contribution in [0.25, 0.3) is 0 Å². The summed E-state index contributed by atoms with van der Waals surface area (Å²) >= 11 is 0. The molecule has 0 unspecified atom stereocenters. The maximum Gasteiger partial charge on any atom is 0.186 e. The molecule has 21 nitrogen and oxygen atoms in total. The first-order chi connectivity index (χ1) is 22.3. The van der Waals surface area contributed by atoms with Crippen molar-refractivity contribution in [3.05, 3.63) is 0 Å². The highest BCUT2D eigenvalue weighted by molar-refractivity contribution is 5.75. The third-order valence-electron chi connectivity index (χ3n) is 8.53. The molecule has 0 bridgehead atoms. The van der Waals surface area contributed by atoms with E-state index in [0.29, 0.717) is 32.7 Å². The van der Waals surface area contributed by atoms with Crippen LogP contribution in [-0.4, -0.2) is 175 Å². The monoisotopic (exact) mass is 680 g/mol. The molecule has 3 rings (SSSR count). The molecule has 3 fully saturated rings. The number of hydrogen-bond acceptors (Lipinski definition) is 17. The fourth-order valence-electron chi connectivity index (χ4n) is 5.89. The first-order valence-electron chi connectivity index (χ1n) is 15.7. The Morgan fingerprint density at radius 2 is 1.28 bits per heavy atom. The summed E-state index contributed by atoms with van der Waals surface area (Å²) < 4.78 is 30.5. The highest BCUT2D eigenvalue weighted by Gasteiger charge is 2.51. The summed E-state index contributed by atoms with van der Waals surface area (Å²) in [6.07, 6.45) is -10.4. The quantitative estimate of drug-likeness (QED) is 0.0531. The van der Waals surface area contributed by atoms with Crippen LogP contribution in [0.1, 0.15) is 12.8 Å². The number of nitrogens with zero attached hydrogens (tertiary/aromatic N) is 3. The molecular weight excluding hydrogens is 624 g/mol. The van der Waals surface area contributed by atoms with E-state index in [-0.39, 0.29) is 37.9 Å². The van der Waals surface area contributed by atoms with Gasteiger partial charge >= 0.3 is 0 Å². The van der Waals surface area contributed by atoms with E-state index < -0.39 is 92.2 Å². The number of aliphatic hydroxyl groups is 4. The summed E-state index contributed by atoms with van der Waals surface area (Å²) in [5.41, 5.74) is 53.1. The van der Waals surface area contributed by atoms with Gasteiger partial charge in [-0.05, 0) is 12.8 Å². The van der Waals surface area contributed by atoms with Gasteiger partial charge < -0.3 is 95.7 Å². The fourth-order valence-corrected chi connectivity index (χ4v) is 5.89. The summed E-state index contributed by atoms with van der Waals surface area (Å²) in [5, 5.41) is 41.2. The molecule has 0 radical (unpaired) electrons. The molecule has 0 aromatic rings. The van der Waals surface area contributed by atoms with E-state index in [1.807, 2.05) is 4.90 Å². The minimum absolute atomic E-state index is 0.0333. The minimum atomic E-state index is -1.47. The summed E-state index contributed by atoms with van der Waals surface area (Å²) in [6.45, 7) is 1.42. The summed E-state index contributed by atoms with van der Waals surface area (Å²) in [5.74, 6) is -0.100. The largest absolute Gasteiger partial charge is 0.394 e. The topological polar surface area (TPSA) is 389 Å². The van der Waals surface area contributed by atoms with Crippen molar-refractivity contribution >= 4 is 11.9 Å². The predicted octanol–water partition coefficient (Wildman–Crippen LogP) is -8.42. The van der Waals surface area contributed by atoms with Gasteiger partial charge in [0.25, 0.3) is 0 Å². The Hall–Kier alpha value is -2.06. The normalized spacial score (nSPS) is 39.4. The van der Waals surface area contributed by atoms with E-state index >= 15 is 0 Å².